The van der Waals surface area contributed by atoms with Crippen LogP contribution in [0.15, 0.2) is 200 Å². The molecule has 0 bridgehead atoms. The van der Waals surface area contributed by atoms with Crippen molar-refractivity contribution in [3.8, 4) is 0 Å². The van der Waals surface area contributed by atoms with Crippen LogP contribution in [-0.2, 0) is 0 Å². The third kappa shape index (κ3) is 7.01. The van der Waals surface area contributed by atoms with Gasteiger partial charge in [0.15, 0.2) is 0 Å². The Morgan fingerprint density at radius 1 is 0.246 bits per heavy atom. The summed E-state index contributed by atoms with van der Waals surface area (Å²) in [5.41, 5.74) is 17.4. The first-order valence-electron chi connectivity index (χ1n) is 22.7. The van der Waals surface area contributed by atoms with Gasteiger partial charge in [-0.3, -0.25) is 0 Å². The number of anilines is 9. The third-order valence-corrected chi connectivity index (χ3v) is 13.3. The Hall–Kier alpha value is -7.88. The second-order valence-corrected chi connectivity index (χ2v) is 17.9. The first-order chi connectivity index (χ1) is 31.7. The fourth-order valence-corrected chi connectivity index (χ4v) is 9.94. The zero-order valence-electron chi connectivity index (χ0n) is 37.9. The Morgan fingerprint density at radius 2 is 0.554 bits per heavy atom. The SMILES string of the molecule is Cc1ccc(N(c2ccc(C)cc2)c2ccc(N(c3ccc(N(c4ccc(C)cc4)c4ccc(C)cc4)c(C)c3)c3ccc4c5cccc6cccc(c7cccc3c74)c65)cc2C)cc1. The zero-order chi connectivity index (χ0) is 44.3. The lowest BCUT2D eigenvalue weighted by molar-refractivity contribution is 1.21. The van der Waals surface area contributed by atoms with Crippen molar-refractivity contribution in [2.75, 3.05) is 14.7 Å². The molecule has 3 nitrogen and oxygen atoms in total. The number of benzene rings is 11. The maximum absolute atomic E-state index is 2.47. The highest BCUT2D eigenvalue weighted by molar-refractivity contribution is 6.34. The molecule has 0 aliphatic carbocycles. The lowest BCUT2D eigenvalue weighted by atomic mass is 9.89. The van der Waals surface area contributed by atoms with E-state index in [1.165, 1.54) is 76.5 Å². The highest BCUT2D eigenvalue weighted by Gasteiger charge is 2.24. The zero-order valence-corrected chi connectivity index (χ0v) is 37.9. The third-order valence-electron chi connectivity index (χ3n) is 13.3. The van der Waals surface area contributed by atoms with Gasteiger partial charge in [-0.05, 0) is 181 Å². The molecule has 3 heteroatoms. The molecule has 11 rings (SSSR count). The molecule has 0 atom stereocenters. The number of rotatable bonds is 9. The molecule has 0 saturated heterocycles. The van der Waals surface area contributed by atoms with E-state index in [0.717, 1.165) is 51.2 Å². The normalized spacial score (nSPS) is 11.5. The second kappa shape index (κ2) is 16.0. The average Bonchev–Trinajstić information content (AvgIpc) is 3.32. The quantitative estimate of drug-likeness (QED) is 0.106. The van der Waals surface area contributed by atoms with E-state index >= 15 is 0 Å². The molecule has 0 aliphatic heterocycles. The molecule has 0 fully saturated rings. The van der Waals surface area contributed by atoms with Crippen LogP contribution in [0.1, 0.15) is 33.4 Å². The highest BCUT2D eigenvalue weighted by Crippen LogP contribution is 2.48. The summed E-state index contributed by atoms with van der Waals surface area (Å²) in [6.45, 7) is 13.1. The van der Waals surface area contributed by atoms with Crippen molar-refractivity contribution >= 4 is 94.3 Å². The van der Waals surface area contributed by atoms with E-state index in [1.807, 2.05) is 0 Å². The van der Waals surface area contributed by atoms with E-state index in [0.29, 0.717) is 0 Å². The fraction of sp³-hybridized carbons (Fsp3) is 0.0968. The van der Waals surface area contributed by atoms with Gasteiger partial charge in [0, 0.05) is 50.9 Å². The van der Waals surface area contributed by atoms with Crippen molar-refractivity contribution in [2.45, 2.75) is 41.5 Å². The highest BCUT2D eigenvalue weighted by atomic mass is 15.2. The van der Waals surface area contributed by atoms with Crippen LogP contribution in [0.4, 0.5) is 51.2 Å². The van der Waals surface area contributed by atoms with Crippen molar-refractivity contribution in [1.29, 1.82) is 0 Å². The number of hydrogen-bond donors (Lipinski definition) is 0. The number of nitrogens with zero attached hydrogens (tertiary/aromatic N) is 3. The minimum atomic E-state index is 1.10. The largest absolute Gasteiger partial charge is 0.310 e. The minimum absolute atomic E-state index is 1.10. The van der Waals surface area contributed by atoms with Crippen LogP contribution in [0.3, 0.4) is 0 Å². The van der Waals surface area contributed by atoms with Gasteiger partial charge in [-0.15, -0.1) is 0 Å². The van der Waals surface area contributed by atoms with Gasteiger partial charge in [-0.2, -0.15) is 0 Å². The summed E-state index contributed by atoms with van der Waals surface area (Å²) >= 11 is 0. The standard InChI is InChI=1S/C62H51N3/c1-40-16-24-47(25-17-40)63(48-26-18-41(2)19-27-48)58-35-32-51(38-44(58)5)65(52-33-36-59(45(6)39-52)64(49-28-20-42(3)21-29-49)50-30-22-43(4)23-31-50)60-37-34-56-54-13-8-11-46-10-7-12-53(61(46)54)55-14-9-15-57(60)62(55)56/h7-39H,1-6H3. The van der Waals surface area contributed by atoms with Crippen LogP contribution in [-0.4, -0.2) is 0 Å². The van der Waals surface area contributed by atoms with Crippen molar-refractivity contribution < 1.29 is 0 Å². The molecular weight excluding hydrogens is 787 g/mol. The van der Waals surface area contributed by atoms with Crippen LogP contribution in [0, 0.1) is 41.5 Å². The van der Waals surface area contributed by atoms with E-state index in [-0.39, 0.29) is 0 Å². The summed E-state index contributed by atoms with van der Waals surface area (Å²) in [7, 11) is 0. The predicted octanol–water partition coefficient (Wildman–Crippen LogP) is 18.0. The Bertz CT molecular complexity index is 3250. The van der Waals surface area contributed by atoms with Gasteiger partial charge in [0.25, 0.3) is 0 Å². The van der Waals surface area contributed by atoms with E-state index in [9.17, 15) is 0 Å². The van der Waals surface area contributed by atoms with Crippen molar-refractivity contribution in [3.05, 3.63) is 234 Å². The molecular formula is C62H51N3. The molecule has 0 amide bonds. The fourth-order valence-electron chi connectivity index (χ4n) is 9.94. The molecule has 0 aromatic heterocycles. The monoisotopic (exact) mass is 837 g/mol. The van der Waals surface area contributed by atoms with E-state index in [4.69, 9.17) is 0 Å². The molecule has 0 aliphatic rings. The molecule has 65 heavy (non-hydrogen) atoms. The maximum Gasteiger partial charge on any atom is 0.0540 e. The van der Waals surface area contributed by atoms with Crippen molar-refractivity contribution in [2.24, 2.45) is 0 Å². The number of fused-ring (bicyclic) bond motifs is 2. The minimum Gasteiger partial charge on any atom is -0.310 e. The smallest absolute Gasteiger partial charge is 0.0540 e. The van der Waals surface area contributed by atoms with Gasteiger partial charge in [-0.1, -0.05) is 131 Å². The number of aryl methyl sites for hydroxylation is 6. The van der Waals surface area contributed by atoms with Crippen molar-refractivity contribution in [3.63, 3.8) is 0 Å². The summed E-state index contributed by atoms with van der Waals surface area (Å²) in [4.78, 5) is 7.24. The Balaban J connectivity index is 1.12. The summed E-state index contributed by atoms with van der Waals surface area (Å²) in [5, 5.41) is 10.3. The molecule has 0 unspecified atom stereocenters. The topological polar surface area (TPSA) is 9.72 Å². The maximum atomic E-state index is 2.47. The molecule has 314 valence electrons. The van der Waals surface area contributed by atoms with Gasteiger partial charge >= 0.3 is 0 Å². The van der Waals surface area contributed by atoms with Crippen LogP contribution in [0.25, 0.3) is 43.1 Å². The molecule has 0 radical (unpaired) electrons. The van der Waals surface area contributed by atoms with Crippen molar-refractivity contribution in [1.82, 2.24) is 0 Å². The molecule has 0 saturated carbocycles. The van der Waals surface area contributed by atoms with E-state index in [1.54, 1.807) is 0 Å². The predicted molar refractivity (Wildman–Crippen MR) is 280 cm³/mol. The lowest BCUT2D eigenvalue weighted by Gasteiger charge is -2.32. The second-order valence-electron chi connectivity index (χ2n) is 17.9. The van der Waals surface area contributed by atoms with Gasteiger partial charge < -0.3 is 14.7 Å². The van der Waals surface area contributed by atoms with Crippen LogP contribution in [0.5, 0.6) is 0 Å². The number of hydrogen-bond acceptors (Lipinski definition) is 3. The molecule has 0 N–H and O–H groups in total. The van der Waals surface area contributed by atoms with Crippen LogP contribution in [0.2, 0.25) is 0 Å². The van der Waals surface area contributed by atoms with Gasteiger partial charge in [-0.25, -0.2) is 0 Å². The average molecular weight is 838 g/mol. The van der Waals surface area contributed by atoms with Crippen LogP contribution < -0.4 is 14.7 Å². The Kier molecular flexibility index (Phi) is 9.85. The van der Waals surface area contributed by atoms with Gasteiger partial charge in [0.05, 0.1) is 5.69 Å². The molecule has 11 aromatic carbocycles. The molecule has 0 heterocycles. The van der Waals surface area contributed by atoms with Gasteiger partial charge in [0.1, 0.15) is 0 Å². The first-order valence-corrected chi connectivity index (χ1v) is 22.7. The summed E-state index contributed by atoms with van der Waals surface area (Å²) in [6, 6.07) is 74.3. The molecule has 0 spiro atoms. The lowest BCUT2D eigenvalue weighted by Crippen LogP contribution is -2.15. The molecule has 11 aromatic rings. The summed E-state index contributed by atoms with van der Waals surface area (Å²) < 4.78 is 0. The van der Waals surface area contributed by atoms with Gasteiger partial charge in [0.2, 0.25) is 0 Å². The van der Waals surface area contributed by atoms with E-state index in [2.05, 4.69) is 256 Å². The Morgan fingerprint density at radius 3 is 0.954 bits per heavy atom. The summed E-state index contributed by atoms with van der Waals surface area (Å²) in [5.74, 6) is 0. The Labute approximate surface area is 382 Å². The van der Waals surface area contributed by atoms with Crippen LogP contribution >= 0.6 is 0 Å². The summed E-state index contributed by atoms with van der Waals surface area (Å²) in [6.07, 6.45) is 0. The van der Waals surface area contributed by atoms with E-state index < -0.39 is 0 Å². The first kappa shape index (κ1) is 39.9.